The SMILES string of the molecule is CCc1ccc(C(C)NC(=O)C2CCN(C(=O)Nc3ccccc3)CC2)cc1. The number of carbonyl (C=O) groups excluding carboxylic acids is 2. The summed E-state index contributed by atoms with van der Waals surface area (Å²) >= 11 is 0. The minimum absolute atomic E-state index is 0.0159. The average Bonchev–Trinajstić information content (AvgIpc) is 2.74. The van der Waals surface area contributed by atoms with Crippen molar-refractivity contribution in [2.45, 2.75) is 39.2 Å². The van der Waals surface area contributed by atoms with Gasteiger partial charge in [0.1, 0.15) is 0 Å². The van der Waals surface area contributed by atoms with E-state index in [-0.39, 0.29) is 23.9 Å². The molecule has 1 unspecified atom stereocenters. The van der Waals surface area contributed by atoms with Crippen LogP contribution in [-0.4, -0.2) is 29.9 Å². The highest BCUT2D eigenvalue weighted by Gasteiger charge is 2.28. The zero-order valence-electron chi connectivity index (χ0n) is 16.7. The smallest absolute Gasteiger partial charge is 0.321 e. The summed E-state index contributed by atoms with van der Waals surface area (Å²) in [4.78, 5) is 26.8. The fraction of sp³-hybridized carbons (Fsp3) is 0.391. The van der Waals surface area contributed by atoms with Crippen LogP contribution in [0.15, 0.2) is 54.6 Å². The van der Waals surface area contributed by atoms with Gasteiger partial charge in [0.05, 0.1) is 6.04 Å². The maximum atomic E-state index is 12.6. The topological polar surface area (TPSA) is 61.4 Å². The zero-order valence-corrected chi connectivity index (χ0v) is 16.7. The lowest BCUT2D eigenvalue weighted by Crippen LogP contribution is -2.44. The lowest BCUT2D eigenvalue weighted by molar-refractivity contribution is -0.126. The number of para-hydroxylation sites is 1. The average molecular weight is 380 g/mol. The van der Waals surface area contributed by atoms with Crippen molar-refractivity contribution in [1.29, 1.82) is 0 Å². The number of urea groups is 1. The number of anilines is 1. The third kappa shape index (κ3) is 5.12. The molecule has 2 N–H and O–H groups in total. The van der Waals surface area contributed by atoms with Crippen LogP contribution in [0.5, 0.6) is 0 Å². The van der Waals surface area contributed by atoms with Crippen LogP contribution in [0, 0.1) is 5.92 Å². The van der Waals surface area contributed by atoms with Crippen LogP contribution in [0.3, 0.4) is 0 Å². The van der Waals surface area contributed by atoms with Gasteiger partial charge in [0.15, 0.2) is 0 Å². The van der Waals surface area contributed by atoms with Gasteiger partial charge in [-0.3, -0.25) is 4.79 Å². The van der Waals surface area contributed by atoms with Gasteiger partial charge in [-0.2, -0.15) is 0 Å². The number of amides is 3. The van der Waals surface area contributed by atoms with Crippen LogP contribution < -0.4 is 10.6 Å². The molecular weight excluding hydrogens is 350 g/mol. The Hall–Kier alpha value is -2.82. The third-order valence-corrected chi connectivity index (χ3v) is 5.42. The normalized spacial score (nSPS) is 15.7. The van der Waals surface area contributed by atoms with Crippen molar-refractivity contribution in [3.8, 4) is 0 Å². The standard InChI is InChI=1S/C23H29N3O2/c1-3-18-9-11-19(12-10-18)17(2)24-22(27)20-13-15-26(16-14-20)23(28)25-21-7-5-4-6-8-21/h4-12,17,20H,3,13-16H2,1-2H3,(H,24,27)(H,25,28). The molecule has 3 amide bonds. The first-order valence-electron chi connectivity index (χ1n) is 10.1. The number of nitrogens with zero attached hydrogens (tertiary/aromatic N) is 1. The van der Waals surface area contributed by atoms with Gasteiger partial charge in [0, 0.05) is 24.7 Å². The Morgan fingerprint density at radius 1 is 1.04 bits per heavy atom. The molecule has 5 heteroatoms. The molecule has 0 saturated carbocycles. The first-order chi connectivity index (χ1) is 13.6. The number of hydrogen-bond donors (Lipinski definition) is 2. The van der Waals surface area contributed by atoms with E-state index in [0.717, 1.165) is 17.7 Å². The Morgan fingerprint density at radius 2 is 1.68 bits per heavy atom. The predicted molar refractivity (Wildman–Crippen MR) is 112 cm³/mol. The number of benzene rings is 2. The number of rotatable bonds is 5. The molecule has 1 aliphatic rings. The lowest BCUT2D eigenvalue weighted by Gasteiger charge is -2.32. The van der Waals surface area contributed by atoms with Crippen molar-refractivity contribution in [2.75, 3.05) is 18.4 Å². The molecule has 2 aromatic rings. The van der Waals surface area contributed by atoms with Gasteiger partial charge in [0.2, 0.25) is 5.91 Å². The molecule has 5 nitrogen and oxygen atoms in total. The number of piperidine rings is 1. The van der Waals surface area contributed by atoms with E-state index in [1.165, 1.54) is 5.56 Å². The van der Waals surface area contributed by atoms with Crippen LogP contribution >= 0.6 is 0 Å². The van der Waals surface area contributed by atoms with Crippen molar-refractivity contribution in [2.24, 2.45) is 5.92 Å². The van der Waals surface area contributed by atoms with E-state index >= 15 is 0 Å². The number of nitrogens with one attached hydrogen (secondary N) is 2. The van der Waals surface area contributed by atoms with Crippen molar-refractivity contribution in [3.05, 3.63) is 65.7 Å². The van der Waals surface area contributed by atoms with E-state index in [0.29, 0.717) is 25.9 Å². The summed E-state index contributed by atoms with van der Waals surface area (Å²) in [5.41, 5.74) is 3.20. The maximum Gasteiger partial charge on any atom is 0.321 e. The van der Waals surface area contributed by atoms with Gasteiger partial charge in [-0.25, -0.2) is 4.79 Å². The van der Waals surface area contributed by atoms with Crippen LogP contribution in [0.25, 0.3) is 0 Å². The van der Waals surface area contributed by atoms with Crippen LogP contribution in [0.2, 0.25) is 0 Å². The summed E-state index contributed by atoms with van der Waals surface area (Å²) in [7, 11) is 0. The molecule has 0 radical (unpaired) electrons. The molecular formula is C23H29N3O2. The van der Waals surface area contributed by atoms with E-state index in [4.69, 9.17) is 0 Å². The van der Waals surface area contributed by atoms with Gasteiger partial charge in [-0.1, -0.05) is 49.4 Å². The molecule has 1 heterocycles. The molecule has 0 bridgehead atoms. The van der Waals surface area contributed by atoms with E-state index < -0.39 is 0 Å². The quantitative estimate of drug-likeness (QED) is 0.810. The summed E-state index contributed by atoms with van der Waals surface area (Å²) in [6.07, 6.45) is 2.39. The number of carbonyl (C=O) groups is 2. The van der Waals surface area contributed by atoms with Gasteiger partial charge >= 0.3 is 6.03 Å². The van der Waals surface area contributed by atoms with Crippen LogP contribution in [0.1, 0.15) is 43.9 Å². The van der Waals surface area contributed by atoms with Gasteiger partial charge in [0.25, 0.3) is 0 Å². The molecule has 2 aromatic carbocycles. The first-order valence-corrected chi connectivity index (χ1v) is 10.1. The highest BCUT2D eigenvalue weighted by molar-refractivity contribution is 5.89. The van der Waals surface area contributed by atoms with Gasteiger partial charge in [-0.15, -0.1) is 0 Å². The Bertz CT molecular complexity index is 781. The first kappa shape index (κ1) is 19.9. The molecule has 0 aliphatic carbocycles. The fourth-order valence-electron chi connectivity index (χ4n) is 3.53. The van der Waals surface area contributed by atoms with Crippen molar-refractivity contribution in [3.63, 3.8) is 0 Å². The molecule has 0 spiro atoms. The van der Waals surface area contributed by atoms with E-state index in [9.17, 15) is 9.59 Å². The summed E-state index contributed by atoms with van der Waals surface area (Å²) in [5.74, 6) is 0.0355. The Balaban J connectivity index is 1.47. The largest absolute Gasteiger partial charge is 0.349 e. The molecule has 0 aromatic heterocycles. The zero-order chi connectivity index (χ0) is 19.9. The molecule has 28 heavy (non-hydrogen) atoms. The Labute approximate surface area is 167 Å². The highest BCUT2D eigenvalue weighted by atomic mass is 16.2. The molecule has 148 valence electrons. The lowest BCUT2D eigenvalue weighted by atomic mass is 9.95. The van der Waals surface area contributed by atoms with E-state index in [2.05, 4.69) is 41.8 Å². The van der Waals surface area contributed by atoms with Crippen molar-refractivity contribution in [1.82, 2.24) is 10.2 Å². The minimum Gasteiger partial charge on any atom is -0.349 e. The Kier molecular flexibility index (Phi) is 6.69. The predicted octanol–water partition coefficient (Wildman–Crippen LogP) is 4.37. The summed E-state index contributed by atoms with van der Waals surface area (Å²) in [6.45, 7) is 5.33. The van der Waals surface area contributed by atoms with Crippen LogP contribution in [-0.2, 0) is 11.2 Å². The molecule has 1 saturated heterocycles. The molecule has 1 fully saturated rings. The number of aryl methyl sites for hydroxylation is 1. The molecule has 1 atom stereocenters. The van der Waals surface area contributed by atoms with Crippen molar-refractivity contribution >= 4 is 17.6 Å². The maximum absolute atomic E-state index is 12.6. The fourth-order valence-corrected chi connectivity index (χ4v) is 3.53. The van der Waals surface area contributed by atoms with Gasteiger partial charge in [-0.05, 0) is 49.4 Å². The minimum atomic E-state index is -0.102. The second kappa shape index (κ2) is 9.40. The van der Waals surface area contributed by atoms with E-state index in [1.54, 1.807) is 4.90 Å². The second-order valence-corrected chi connectivity index (χ2v) is 7.38. The number of likely N-dealkylation sites (tertiary alicyclic amines) is 1. The Morgan fingerprint density at radius 3 is 2.29 bits per heavy atom. The monoisotopic (exact) mass is 379 g/mol. The summed E-state index contributed by atoms with van der Waals surface area (Å²) in [5, 5.41) is 6.03. The van der Waals surface area contributed by atoms with Gasteiger partial charge < -0.3 is 15.5 Å². The molecule has 1 aliphatic heterocycles. The number of hydrogen-bond acceptors (Lipinski definition) is 2. The van der Waals surface area contributed by atoms with Crippen LogP contribution in [0.4, 0.5) is 10.5 Å². The second-order valence-electron chi connectivity index (χ2n) is 7.38. The summed E-state index contributed by atoms with van der Waals surface area (Å²) in [6, 6.07) is 17.7. The van der Waals surface area contributed by atoms with E-state index in [1.807, 2.05) is 37.3 Å². The highest BCUT2D eigenvalue weighted by Crippen LogP contribution is 2.21. The van der Waals surface area contributed by atoms with Crippen molar-refractivity contribution < 1.29 is 9.59 Å². The molecule has 3 rings (SSSR count). The summed E-state index contributed by atoms with van der Waals surface area (Å²) < 4.78 is 0. The third-order valence-electron chi connectivity index (χ3n) is 5.42.